The van der Waals surface area contributed by atoms with Gasteiger partial charge in [-0.25, -0.2) is 0 Å². The van der Waals surface area contributed by atoms with Gasteiger partial charge >= 0.3 is 0 Å². The average molecular weight is 348 g/mol. The largest absolute Gasteiger partial charge is 0.341 e. The second-order valence-electron chi connectivity index (χ2n) is 4.66. The molecule has 2 nitrogen and oxygen atoms in total. The van der Waals surface area contributed by atoms with Crippen LogP contribution in [0.2, 0.25) is 0 Å². The van der Waals surface area contributed by atoms with Crippen LogP contribution in [-0.4, -0.2) is 35.0 Å². The fourth-order valence-corrected chi connectivity index (χ4v) is 4.49. The van der Waals surface area contributed by atoms with E-state index in [4.69, 9.17) is 0 Å². The molecular formula is C13H18BrNOS2. The second-order valence-corrected chi connectivity index (χ2v) is 8.46. The summed E-state index contributed by atoms with van der Waals surface area (Å²) in [5, 5.41) is 0. The van der Waals surface area contributed by atoms with Gasteiger partial charge in [-0.05, 0) is 30.2 Å². The van der Waals surface area contributed by atoms with Gasteiger partial charge in [0, 0.05) is 29.0 Å². The number of carbonyl (C=O) groups excluding carboxylic acids is 1. The van der Waals surface area contributed by atoms with Gasteiger partial charge in [-0.2, -0.15) is 11.8 Å². The van der Waals surface area contributed by atoms with Gasteiger partial charge in [0.15, 0.2) is 0 Å². The van der Waals surface area contributed by atoms with Gasteiger partial charge in [-0.15, -0.1) is 11.3 Å². The van der Waals surface area contributed by atoms with Crippen LogP contribution in [0, 0.1) is 0 Å². The maximum absolute atomic E-state index is 12.3. The van der Waals surface area contributed by atoms with Crippen LogP contribution in [0.15, 0.2) is 6.07 Å². The number of halogens is 1. The molecule has 0 aromatic carbocycles. The number of fused-ring (bicyclic) bond motifs is 1. The fourth-order valence-electron chi connectivity index (χ4n) is 1.91. The minimum absolute atomic E-state index is 0.174. The summed E-state index contributed by atoms with van der Waals surface area (Å²) in [6.07, 6.45) is 2.11. The van der Waals surface area contributed by atoms with Crippen molar-refractivity contribution in [3.05, 3.63) is 21.4 Å². The molecule has 0 fully saturated rings. The van der Waals surface area contributed by atoms with E-state index >= 15 is 0 Å². The Morgan fingerprint density at radius 1 is 1.61 bits per heavy atom. The lowest BCUT2D eigenvalue weighted by Crippen LogP contribution is -2.28. The lowest BCUT2D eigenvalue weighted by molar-refractivity contribution is 0.0798. The number of hydrogen-bond acceptors (Lipinski definition) is 3. The van der Waals surface area contributed by atoms with E-state index in [9.17, 15) is 4.79 Å². The third-order valence-electron chi connectivity index (χ3n) is 3.05. The maximum Gasteiger partial charge on any atom is 0.263 e. The summed E-state index contributed by atoms with van der Waals surface area (Å²) in [4.78, 5) is 16.9. The summed E-state index contributed by atoms with van der Waals surface area (Å²) < 4.78 is 0. The van der Waals surface area contributed by atoms with E-state index in [-0.39, 0.29) is 5.91 Å². The number of thioether (sulfide) groups is 1. The Labute approximate surface area is 125 Å². The Hall–Kier alpha value is -0.000000000000000111. The SMILES string of the molecule is CC(Br)CCN(C)C(=O)c1cc2c(s1)CCSC2. The summed E-state index contributed by atoms with van der Waals surface area (Å²) >= 11 is 7.17. The van der Waals surface area contributed by atoms with Gasteiger partial charge in [0.2, 0.25) is 0 Å². The minimum Gasteiger partial charge on any atom is -0.341 e. The van der Waals surface area contributed by atoms with Crippen molar-refractivity contribution in [2.75, 3.05) is 19.3 Å². The Bertz CT molecular complexity index is 407. The molecule has 2 heterocycles. The molecule has 0 N–H and O–H groups in total. The number of aryl methyl sites for hydroxylation is 1. The standard InChI is InChI=1S/C13H18BrNOS2/c1-9(14)3-5-15(2)13(16)12-7-10-8-17-6-4-11(10)18-12/h7,9H,3-6,8H2,1-2H3. The Kier molecular flexibility index (Phi) is 5.15. The molecule has 1 aromatic heterocycles. The number of amides is 1. The molecule has 0 saturated carbocycles. The van der Waals surface area contributed by atoms with Crippen molar-refractivity contribution in [3.8, 4) is 0 Å². The zero-order chi connectivity index (χ0) is 13.1. The van der Waals surface area contributed by atoms with Crippen molar-refractivity contribution in [2.24, 2.45) is 0 Å². The van der Waals surface area contributed by atoms with Gasteiger partial charge in [0.1, 0.15) is 0 Å². The zero-order valence-electron chi connectivity index (χ0n) is 10.7. The van der Waals surface area contributed by atoms with Gasteiger partial charge in [0.05, 0.1) is 4.88 Å². The highest BCUT2D eigenvalue weighted by Crippen LogP contribution is 2.32. The number of rotatable bonds is 4. The van der Waals surface area contributed by atoms with Gasteiger partial charge in [-0.1, -0.05) is 22.9 Å². The van der Waals surface area contributed by atoms with Crippen LogP contribution in [0.25, 0.3) is 0 Å². The number of alkyl halides is 1. The maximum atomic E-state index is 12.3. The van der Waals surface area contributed by atoms with Crippen LogP contribution in [-0.2, 0) is 12.2 Å². The van der Waals surface area contributed by atoms with E-state index in [0.717, 1.165) is 30.0 Å². The van der Waals surface area contributed by atoms with Crippen molar-refractivity contribution in [3.63, 3.8) is 0 Å². The average Bonchev–Trinajstić information content (AvgIpc) is 2.78. The highest BCUT2D eigenvalue weighted by atomic mass is 79.9. The summed E-state index contributed by atoms with van der Waals surface area (Å²) in [5.41, 5.74) is 1.38. The highest BCUT2D eigenvalue weighted by Gasteiger charge is 2.19. The third-order valence-corrected chi connectivity index (χ3v) is 5.74. The number of carbonyl (C=O) groups is 1. The van der Waals surface area contributed by atoms with Crippen LogP contribution in [0.4, 0.5) is 0 Å². The minimum atomic E-state index is 0.174. The van der Waals surface area contributed by atoms with Crippen molar-refractivity contribution in [2.45, 2.75) is 30.3 Å². The molecule has 1 aromatic rings. The van der Waals surface area contributed by atoms with Crippen LogP contribution < -0.4 is 0 Å². The molecule has 0 radical (unpaired) electrons. The molecule has 18 heavy (non-hydrogen) atoms. The van der Waals surface area contributed by atoms with E-state index in [1.807, 2.05) is 23.7 Å². The van der Waals surface area contributed by atoms with Crippen molar-refractivity contribution in [1.29, 1.82) is 0 Å². The summed E-state index contributed by atoms with van der Waals surface area (Å²) in [5.74, 6) is 2.44. The van der Waals surface area contributed by atoms with Crippen LogP contribution >= 0.6 is 39.0 Å². The molecule has 1 aliphatic heterocycles. The quantitative estimate of drug-likeness (QED) is 0.772. The lowest BCUT2D eigenvalue weighted by atomic mass is 10.2. The molecule has 2 rings (SSSR count). The zero-order valence-corrected chi connectivity index (χ0v) is 14.0. The van der Waals surface area contributed by atoms with Crippen LogP contribution in [0.3, 0.4) is 0 Å². The molecule has 1 amide bonds. The van der Waals surface area contributed by atoms with Gasteiger partial charge < -0.3 is 4.90 Å². The van der Waals surface area contributed by atoms with Gasteiger partial charge in [0.25, 0.3) is 5.91 Å². The van der Waals surface area contributed by atoms with E-state index < -0.39 is 0 Å². The first kappa shape index (κ1) is 14.4. The number of thiophene rings is 1. The number of nitrogens with zero attached hydrogens (tertiary/aromatic N) is 1. The molecule has 0 aliphatic carbocycles. The molecule has 5 heteroatoms. The summed E-state index contributed by atoms with van der Waals surface area (Å²) in [7, 11) is 1.89. The summed E-state index contributed by atoms with van der Waals surface area (Å²) in [6.45, 7) is 2.92. The molecular weight excluding hydrogens is 330 g/mol. The predicted molar refractivity (Wildman–Crippen MR) is 84.2 cm³/mol. The smallest absolute Gasteiger partial charge is 0.263 e. The first-order chi connectivity index (χ1) is 8.58. The Balaban J connectivity index is 2.02. The van der Waals surface area contributed by atoms with Gasteiger partial charge in [-0.3, -0.25) is 4.79 Å². The molecule has 1 unspecified atom stereocenters. The molecule has 1 aliphatic rings. The van der Waals surface area contributed by atoms with Crippen molar-refractivity contribution < 1.29 is 4.79 Å². The third kappa shape index (κ3) is 3.52. The van der Waals surface area contributed by atoms with Crippen LogP contribution in [0.1, 0.15) is 33.5 Å². The molecule has 0 spiro atoms. The first-order valence-electron chi connectivity index (χ1n) is 6.17. The van der Waals surface area contributed by atoms with E-state index in [1.165, 1.54) is 16.2 Å². The van der Waals surface area contributed by atoms with Crippen LogP contribution in [0.5, 0.6) is 0 Å². The summed E-state index contributed by atoms with van der Waals surface area (Å²) in [6, 6.07) is 2.10. The Morgan fingerprint density at radius 2 is 2.39 bits per heavy atom. The number of hydrogen-bond donors (Lipinski definition) is 0. The van der Waals surface area contributed by atoms with E-state index in [1.54, 1.807) is 11.3 Å². The normalized spacial score (nSPS) is 16.2. The Morgan fingerprint density at radius 3 is 3.06 bits per heavy atom. The van der Waals surface area contributed by atoms with Crippen molar-refractivity contribution in [1.82, 2.24) is 4.90 Å². The fraction of sp³-hybridized carbons (Fsp3) is 0.615. The monoisotopic (exact) mass is 347 g/mol. The first-order valence-corrected chi connectivity index (χ1v) is 9.05. The highest BCUT2D eigenvalue weighted by molar-refractivity contribution is 9.09. The van der Waals surface area contributed by atoms with Crippen molar-refractivity contribution >= 4 is 44.9 Å². The molecule has 0 bridgehead atoms. The second kappa shape index (κ2) is 6.44. The molecule has 0 saturated heterocycles. The molecule has 100 valence electrons. The topological polar surface area (TPSA) is 20.3 Å². The molecule has 1 atom stereocenters. The predicted octanol–water partition coefficient (Wildman–Crippen LogP) is 3.78. The lowest BCUT2D eigenvalue weighted by Gasteiger charge is -2.16. The van der Waals surface area contributed by atoms with E-state index in [0.29, 0.717) is 4.83 Å². The van der Waals surface area contributed by atoms with E-state index in [2.05, 4.69) is 28.9 Å².